The molecule has 1 unspecified atom stereocenters. The van der Waals surface area contributed by atoms with Crippen LogP contribution < -0.4 is 11.1 Å². The fourth-order valence-electron chi connectivity index (χ4n) is 1.61. The van der Waals surface area contributed by atoms with Crippen molar-refractivity contribution in [3.63, 3.8) is 0 Å². The molecule has 1 aromatic rings. The summed E-state index contributed by atoms with van der Waals surface area (Å²) in [7, 11) is 0. The molecule has 0 fully saturated rings. The average molecular weight is 287 g/mol. The van der Waals surface area contributed by atoms with Crippen LogP contribution in [0.2, 0.25) is 0 Å². The number of carbonyl (C=O) groups is 1. The van der Waals surface area contributed by atoms with E-state index < -0.39 is 39.8 Å². The summed E-state index contributed by atoms with van der Waals surface area (Å²) in [6.07, 6.45) is 0. The van der Waals surface area contributed by atoms with E-state index in [-0.39, 0.29) is 12.5 Å². The summed E-state index contributed by atoms with van der Waals surface area (Å²) < 4.78 is 26.2. The standard InChI is InChI=1S/C12H15F2N3O3/c1-6(2)10(5-15)16-12(18)7-3-8(13)9(14)4-11(7)17(19)20/h3-4,6,10H,5,15H2,1-2H3,(H,16,18). The molecule has 0 radical (unpaired) electrons. The number of hydrogen-bond donors (Lipinski definition) is 2. The van der Waals surface area contributed by atoms with Crippen LogP contribution in [0.5, 0.6) is 0 Å². The number of hydrogen-bond acceptors (Lipinski definition) is 4. The van der Waals surface area contributed by atoms with Gasteiger partial charge < -0.3 is 11.1 Å². The van der Waals surface area contributed by atoms with Gasteiger partial charge in [-0.1, -0.05) is 13.8 Å². The minimum Gasteiger partial charge on any atom is -0.348 e. The molecule has 110 valence electrons. The molecule has 0 aromatic heterocycles. The fourth-order valence-corrected chi connectivity index (χ4v) is 1.61. The Balaban J connectivity index is 3.15. The quantitative estimate of drug-likeness (QED) is 0.634. The zero-order valence-electron chi connectivity index (χ0n) is 11.0. The van der Waals surface area contributed by atoms with Crippen LogP contribution in [0.15, 0.2) is 12.1 Å². The molecule has 0 spiro atoms. The van der Waals surface area contributed by atoms with Gasteiger partial charge in [-0.05, 0) is 12.0 Å². The summed E-state index contributed by atoms with van der Waals surface area (Å²) in [5.74, 6) is -3.57. The van der Waals surface area contributed by atoms with Gasteiger partial charge in [0.2, 0.25) is 0 Å². The topological polar surface area (TPSA) is 98.3 Å². The zero-order chi connectivity index (χ0) is 15.4. The Hall–Kier alpha value is -2.09. The van der Waals surface area contributed by atoms with Crippen LogP contribution in [0, 0.1) is 27.7 Å². The third kappa shape index (κ3) is 3.47. The summed E-state index contributed by atoms with van der Waals surface area (Å²) in [5.41, 5.74) is 4.14. The number of rotatable bonds is 5. The maximum Gasteiger partial charge on any atom is 0.285 e. The average Bonchev–Trinajstić information content (AvgIpc) is 2.37. The van der Waals surface area contributed by atoms with Gasteiger partial charge in [0.25, 0.3) is 11.6 Å². The van der Waals surface area contributed by atoms with E-state index in [2.05, 4.69) is 5.32 Å². The third-order valence-corrected chi connectivity index (χ3v) is 2.86. The number of benzene rings is 1. The predicted octanol–water partition coefficient (Wildman–Crippen LogP) is 1.59. The van der Waals surface area contributed by atoms with Gasteiger partial charge >= 0.3 is 0 Å². The highest BCUT2D eigenvalue weighted by Gasteiger charge is 2.25. The van der Waals surface area contributed by atoms with E-state index in [4.69, 9.17) is 5.73 Å². The molecule has 0 aliphatic heterocycles. The Bertz CT molecular complexity index is 535. The number of nitro groups is 1. The van der Waals surface area contributed by atoms with Gasteiger partial charge in [-0.25, -0.2) is 8.78 Å². The molecule has 6 nitrogen and oxygen atoms in total. The molecular weight excluding hydrogens is 272 g/mol. The van der Waals surface area contributed by atoms with Gasteiger partial charge in [0.1, 0.15) is 5.56 Å². The molecule has 1 aromatic carbocycles. The first-order chi connectivity index (χ1) is 9.27. The number of nitrogens with one attached hydrogen (secondary N) is 1. The molecule has 1 amide bonds. The maximum atomic E-state index is 13.2. The van der Waals surface area contributed by atoms with Gasteiger partial charge in [0, 0.05) is 12.6 Å². The Labute approximate surface area is 114 Å². The first kappa shape index (κ1) is 16.0. The van der Waals surface area contributed by atoms with Crippen molar-refractivity contribution in [3.05, 3.63) is 39.4 Å². The van der Waals surface area contributed by atoms with Crippen LogP contribution in [-0.2, 0) is 0 Å². The summed E-state index contributed by atoms with van der Waals surface area (Å²) in [6.45, 7) is 3.73. The number of nitrogens with two attached hydrogens (primary N) is 1. The molecule has 8 heteroatoms. The van der Waals surface area contributed by atoms with Crippen molar-refractivity contribution in [2.75, 3.05) is 6.54 Å². The van der Waals surface area contributed by atoms with Gasteiger partial charge in [-0.15, -0.1) is 0 Å². The summed E-state index contributed by atoms with van der Waals surface area (Å²) in [6, 6.07) is 0.476. The molecule has 0 heterocycles. The number of nitro benzene ring substituents is 1. The Morgan fingerprint density at radius 1 is 1.40 bits per heavy atom. The second-order valence-corrected chi connectivity index (χ2v) is 4.60. The lowest BCUT2D eigenvalue weighted by Gasteiger charge is -2.20. The molecule has 1 rings (SSSR count). The monoisotopic (exact) mass is 287 g/mol. The van der Waals surface area contributed by atoms with Crippen molar-refractivity contribution >= 4 is 11.6 Å². The van der Waals surface area contributed by atoms with Gasteiger partial charge in [-0.3, -0.25) is 14.9 Å². The highest BCUT2D eigenvalue weighted by atomic mass is 19.2. The molecule has 3 N–H and O–H groups in total. The molecule has 0 bridgehead atoms. The number of amides is 1. The number of halogens is 2. The fraction of sp³-hybridized carbons (Fsp3) is 0.417. The normalized spacial score (nSPS) is 12.3. The Morgan fingerprint density at radius 3 is 2.40 bits per heavy atom. The highest BCUT2D eigenvalue weighted by Crippen LogP contribution is 2.22. The van der Waals surface area contributed by atoms with Crippen LogP contribution in [0.4, 0.5) is 14.5 Å². The summed E-state index contributed by atoms with van der Waals surface area (Å²) in [5, 5.41) is 13.3. The lowest BCUT2D eigenvalue weighted by molar-refractivity contribution is -0.385. The van der Waals surface area contributed by atoms with Gasteiger partial charge in [-0.2, -0.15) is 0 Å². The zero-order valence-corrected chi connectivity index (χ0v) is 11.0. The number of carbonyl (C=O) groups excluding carboxylic acids is 1. The largest absolute Gasteiger partial charge is 0.348 e. The van der Waals surface area contributed by atoms with Crippen molar-refractivity contribution in [2.24, 2.45) is 11.7 Å². The van der Waals surface area contributed by atoms with Crippen LogP contribution in [-0.4, -0.2) is 23.4 Å². The molecule has 0 aliphatic carbocycles. The van der Waals surface area contributed by atoms with Crippen molar-refractivity contribution in [2.45, 2.75) is 19.9 Å². The highest BCUT2D eigenvalue weighted by molar-refractivity contribution is 5.98. The molecule has 0 saturated carbocycles. The van der Waals surface area contributed by atoms with Gasteiger partial charge in [0.15, 0.2) is 11.6 Å². The Kier molecular flexibility index (Phi) is 5.09. The second kappa shape index (κ2) is 6.38. The Morgan fingerprint density at radius 2 is 1.95 bits per heavy atom. The maximum absolute atomic E-state index is 13.2. The van der Waals surface area contributed by atoms with E-state index in [0.29, 0.717) is 12.1 Å². The number of nitrogens with zero attached hydrogens (tertiary/aromatic N) is 1. The van der Waals surface area contributed by atoms with Crippen LogP contribution >= 0.6 is 0 Å². The van der Waals surface area contributed by atoms with E-state index in [1.807, 2.05) is 0 Å². The van der Waals surface area contributed by atoms with Crippen LogP contribution in [0.1, 0.15) is 24.2 Å². The molecule has 20 heavy (non-hydrogen) atoms. The van der Waals surface area contributed by atoms with Gasteiger partial charge in [0.05, 0.1) is 11.0 Å². The lowest BCUT2D eigenvalue weighted by atomic mass is 10.0. The first-order valence-electron chi connectivity index (χ1n) is 5.92. The van der Waals surface area contributed by atoms with Crippen LogP contribution in [0.25, 0.3) is 0 Å². The van der Waals surface area contributed by atoms with E-state index in [9.17, 15) is 23.7 Å². The molecule has 1 atom stereocenters. The van der Waals surface area contributed by atoms with Crippen molar-refractivity contribution in [1.82, 2.24) is 5.32 Å². The smallest absolute Gasteiger partial charge is 0.285 e. The molecular formula is C12H15F2N3O3. The molecule has 0 saturated heterocycles. The van der Waals surface area contributed by atoms with E-state index in [1.165, 1.54) is 0 Å². The van der Waals surface area contributed by atoms with E-state index in [0.717, 1.165) is 0 Å². The van der Waals surface area contributed by atoms with E-state index >= 15 is 0 Å². The third-order valence-electron chi connectivity index (χ3n) is 2.86. The second-order valence-electron chi connectivity index (χ2n) is 4.60. The van der Waals surface area contributed by atoms with E-state index in [1.54, 1.807) is 13.8 Å². The van der Waals surface area contributed by atoms with Crippen molar-refractivity contribution in [1.29, 1.82) is 0 Å². The predicted molar refractivity (Wildman–Crippen MR) is 68.2 cm³/mol. The summed E-state index contributed by atoms with van der Waals surface area (Å²) >= 11 is 0. The van der Waals surface area contributed by atoms with Crippen LogP contribution in [0.3, 0.4) is 0 Å². The minimum absolute atomic E-state index is 0.00620. The SMILES string of the molecule is CC(C)C(CN)NC(=O)c1cc(F)c(F)cc1[N+](=O)[O-]. The van der Waals surface area contributed by atoms with Crippen molar-refractivity contribution < 1.29 is 18.5 Å². The lowest BCUT2D eigenvalue weighted by Crippen LogP contribution is -2.43. The first-order valence-corrected chi connectivity index (χ1v) is 5.92. The molecule has 0 aliphatic rings. The minimum atomic E-state index is -1.38. The van der Waals surface area contributed by atoms with Crippen molar-refractivity contribution in [3.8, 4) is 0 Å². The summed E-state index contributed by atoms with van der Waals surface area (Å²) in [4.78, 5) is 21.8.